The minimum absolute atomic E-state index is 0.132. The molecule has 1 amide bonds. The summed E-state index contributed by atoms with van der Waals surface area (Å²) in [7, 11) is 0. The van der Waals surface area contributed by atoms with Crippen LogP contribution < -0.4 is 5.32 Å². The van der Waals surface area contributed by atoms with Gasteiger partial charge >= 0.3 is 0 Å². The second kappa shape index (κ2) is 11.1. The van der Waals surface area contributed by atoms with E-state index in [1.807, 2.05) is 0 Å². The van der Waals surface area contributed by atoms with Crippen molar-refractivity contribution in [3.8, 4) is 0 Å². The van der Waals surface area contributed by atoms with E-state index in [1.165, 1.54) is 64.5 Å². The van der Waals surface area contributed by atoms with E-state index in [0.29, 0.717) is 0 Å². The Morgan fingerprint density at radius 1 is 0.958 bits per heavy atom. The lowest BCUT2D eigenvalue weighted by molar-refractivity contribution is -0.127. The first-order valence-corrected chi connectivity index (χ1v) is 10.5. The highest BCUT2D eigenvalue weighted by Crippen LogP contribution is 2.18. The molecule has 0 aromatic rings. The molecular weight excluding hydrogens is 298 g/mol. The number of amides is 1. The summed E-state index contributed by atoms with van der Waals surface area (Å²) >= 11 is 0. The van der Waals surface area contributed by atoms with E-state index in [4.69, 9.17) is 0 Å². The summed E-state index contributed by atoms with van der Waals surface area (Å²) in [5.74, 6) is 0.275. The number of rotatable bonds is 9. The van der Waals surface area contributed by atoms with Crippen LogP contribution in [-0.4, -0.2) is 60.5 Å². The molecule has 0 saturated carbocycles. The summed E-state index contributed by atoms with van der Waals surface area (Å²) in [5.41, 5.74) is 0. The van der Waals surface area contributed by atoms with Crippen molar-refractivity contribution in [1.29, 1.82) is 0 Å². The SMILES string of the molecule is CCCCN1CCCC[C@@H]1C(=O)NCCCCN1CCCC[C@H]1C. The van der Waals surface area contributed by atoms with Crippen molar-refractivity contribution in [2.75, 3.05) is 32.7 Å². The number of hydrogen-bond acceptors (Lipinski definition) is 3. The summed E-state index contributed by atoms with van der Waals surface area (Å²) in [5, 5.41) is 3.21. The summed E-state index contributed by atoms with van der Waals surface area (Å²) < 4.78 is 0. The number of likely N-dealkylation sites (tertiary alicyclic amines) is 2. The molecule has 0 aromatic carbocycles. The zero-order valence-corrected chi connectivity index (χ0v) is 16.1. The van der Waals surface area contributed by atoms with Gasteiger partial charge in [-0.25, -0.2) is 0 Å². The van der Waals surface area contributed by atoms with Gasteiger partial charge in [0, 0.05) is 12.6 Å². The predicted molar refractivity (Wildman–Crippen MR) is 101 cm³/mol. The Morgan fingerprint density at radius 3 is 2.42 bits per heavy atom. The fraction of sp³-hybridized carbons (Fsp3) is 0.950. The average molecular weight is 338 g/mol. The Hall–Kier alpha value is -0.610. The van der Waals surface area contributed by atoms with Crippen molar-refractivity contribution >= 4 is 5.91 Å². The normalized spacial score (nSPS) is 26.4. The zero-order valence-electron chi connectivity index (χ0n) is 16.1. The lowest BCUT2D eigenvalue weighted by Crippen LogP contribution is -2.49. The molecule has 0 spiro atoms. The van der Waals surface area contributed by atoms with Gasteiger partial charge in [-0.1, -0.05) is 26.2 Å². The van der Waals surface area contributed by atoms with Gasteiger partial charge in [-0.15, -0.1) is 0 Å². The molecule has 0 unspecified atom stereocenters. The van der Waals surface area contributed by atoms with Crippen LogP contribution in [0.2, 0.25) is 0 Å². The fourth-order valence-corrected chi connectivity index (χ4v) is 4.18. The van der Waals surface area contributed by atoms with Gasteiger partial charge in [0.1, 0.15) is 0 Å². The maximum atomic E-state index is 12.5. The topological polar surface area (TPSA) is 35.6 Å². The van der Waals surface area contributed by atoms with Crippen molar-refractivity contribution in [3.05, 3.63) is 0 Å². The molecule has 2 rings (SSSR count). The highest BCUT2D eigenvalue weighted by molar-refractivity contribution is 5.81. The van der Waals surface area contributed by atoms with Crippen molar-refractivity contribution in [3.63, 3.8) is 0 Å². The molecule has 0 bridgehead atoms. The highest BCUT2D eigenvalue weighted by atomic mass is 16.2. The molecule has 2 heterocycles. The lowest BCUT2D eigenvalue weighted by Gasteiger charge is -2.34. The summed E-state index contributed by atoms with van der Waals surface area (Å²) in [4.78, 5) is 17.6. The first-order chi connectivity index (χ1) is 11.7. The second-order valence-electron chi connectivity index (χ2n) is 7.78. The van der Waals surface area contributed by atoms with Crippen LogP contribution in [0.4, 0.5) is 0 Å². The van der Waals surface area contributed by atoms with E-state index in [1.54, 1.807) is 0 Å². The minimum Gasteiger partial charge on any atom is -0.355 e. The maximum absolute atomic E-state index is 12.5. The number of carbonyl (C=O) groups excluding carboxylic acids is 1. The smallest absolute Gasteiger partial charge is 0.237 e. The van der Waals surface area contributed by atoms with E-state index in [9.17, 15) is 4.79 Å². The third-order valence-electron chi connectivity index (χ3n) is 5.83. The Bertz CT molecular complexity index is 361. The number of hydrogen-bond donors (Lipinski definition) is 1. The Kier molecular flexibility index (Phi) is 9.11. The van der Waals surface area contributed by atoms with E-state index in [-0.39, 0.29) is 11.9 Å². The number of unbranched alkanes of at least 4 members (excludes halogenated alkanes) is 2. The van der Waals surface area contributed by atoms with Gasteiger partial charge in [0.05, 0.1) is 6.04 Å². The number of carbonyl (C=O) groups is 1. The van der Waals surface area contributed by atoms with Crippen molar-refractivity contribution in [2.45, 2.75) is 90.1 Å². The van der Waals surface area contributed by atoms with E-state index in [0.717, 1.165) is 38.5 Å². The standard InChI is InChI=1S/C20H39N3O/c1-3-4-14-23-17-9-6-12-19(23)20(24)21-13-7-10-16-22-15-8-5-11-18(22)2/h18-19H,3-17H2,1-2H3,(H,21,24)/t18-,19-/m1/s1. The molecule has 2 atom stereocenters. The third-order valence-corrected chi connectivity index (χ3v) is 5.83. The van der Waals surface area contributed by atoms with E-state index < -0.39 is 0 Å². The number of piperidine rings is 2. The third kappa shape index (κ3) is 6.36. The molecule has 0 aromatic heterocycles. The van der Waals surface area contributed by atoms with Gasteiger partial charge in [0.2, 0.25) is 5.91 Å². The molecule has 2 saturated heterocycles. The van der Waals surface area contributed by atoms with Crippen molar-refractivity contribution < 1.29 is 4.79 Å². The average Bonchev–Trinajstić information content (AvgIpc) is 2.61. The lowest BCUT2D eigenvalue weighted by atomic mass is 10.0. The van der Waals surface area contributed by atoms with Crippen LogP contribution in [0.3, 0.4) is 0 Å². The van der Waals surface area contributed by atoms with Crippen molar-refractivity contribution in [2.24, 2.45) is 0 Å². The van der Waals surface area contributed by atoms with E-state index >= 15 is 0 Å². The minimum atomic E-state index is 0.132. The fourth-order valence-electron chi connectivity index (χ4n) is 4.18. The monoisotopic (exact) mass is 337 g/mol. The first-order valence-electron chi connectivity index (χ1n) is 10.5. The van der Waals surface area contributed by atoms with Crippen LogP contribution in [0.25, 0.3) is 0 Å². The molecule has 2 aliphatic heterocycles. The van der Waals surface area contributed by atoms with Crippen LogP contribution in [0.1, 0.15) is 78.1 Å². The Balaban J connectivity index is 1.61. The van der Waals surface area contributed by atoms with Crippen LogP contribution >= 0.6 is 0 Å². The number of nitrogens with zero attached hydrogens (tertiary/aromatic N) is 2. The van der Waals surface area contributed by atoms with Gasteiger partial charge in [-0.2, -0.15) is 0 Å². The summed E-state index contributed by atoms with van der Waals surface area (Å²) in [6.45, 7) is 10.1. The van der Waals surface area contributed by atoms with Gasteiger partial charge in [0.25, 0.3) is 0 Å². The molecule has 2 fully saturated rings. The van der Waals surface area contributed by atoms with Gasteiger partial charge in [-0.3, -0.25) is 9.69 Å². The molecule has 1 N–H and O–H groups in total. The first kappa shape index (κ1) is 19.7. The largest absolute Gasteiger partial charge is 0.355 e. The van der Waals surface area contributed by atoms with Crippen LogP contribution in [0.5, 0.6) is 0 Å². The second-order valence-corrected chi connectivity index (χ2v) is 7.78. The molecule has 24 heavy (non-hydrogen) atoms. The maximum Gasteiger partial charge on any atom is 0.237 e. The van der Waals surface area contributed by atoms with Crippen molar-refractivity contribution in [1.82, 2.24) is 15.1 Å². The van der Waals surface area contributed by atoms with E-state index in [2.05, 4.69) is 29.0 Å². The van der Waals surface area contributed by atoms with Gasteiger partial charge in [0.15, 0.2) is 0 Å². The Morgan fingerprint density at radius 2 is 1.67 bits per heavy atom. The zero-order chi connectivity index (χ0) is 17.2. The molecular formula is C20H39N3O. The molecule has 4 nitrogen and oxygen atoms in total. The predicted octanol–water partition coefficient (Wildman–Crippen LogP) is 3.41. The van der Waals surface area contributed by atoms with Crippen LogP contribution in [-0.2, 0) is 4.79 Å². The molecule has 0 radical (unpaired) electrons. The van der Waals surface area contributed by atoms with Gasteiger partial charge in [-0.05, 0) is 78.0 Å². The molecule has 2 aliphatic rings. The van der Waals surface area contributed by atoms with Gasteiger partial charge < -0.3 is 10.2 Å². The highest BCUT2D eigenvalue weighted by Gasteiger charge is 2.27. The molecule has 0 aliphatic carbocycles. The van der Waals surface area contributed by atoms with Crippen LogP contribution in [0.15, 0.2) is 0 Å². The summed E-state index contributed by atoms with van der Waals surface area (Å²) in [6.07, 6.45) is 12.3. The molecule has 4 heteroatoms. The number of nitrogens with one attached hydrogen (secondary N) is 1. The molecule has 140 valence electrons. The summed E-state index contributed by atoms with van der Waals surface area (Å²) in [6, 6.07) is 0.884. The van der Waals surface area contributed by atoms with Crippen LogP contribution in [0, 0.1) is 0 Å². The Labute approximate surface area is 149 Å². The quantitative estimate of drug-likeness (QED) is 0.655.